The summed E-state index contributed by atoms with van der Waals surface area (Å²) in [5.41, 5.74) is 0.657. The maximum atomic E-state index is 11.8. The van der Waals surface area contributed by atoms with Crippen LogP contribution in [-0.4, -0.2) is 41.2 Å². The van der Waals surface area contributed by atoms with Gasteiger partial charge in [-0.1, -0.05) is 13.8 Å². The monoisotopic (exact) mass is 253 g/mol. The number of aliphatic hydroxyl groups is 1. The molecule has 0 radical (unpaired) electrons. The van der Waals surface area contributed by atoms with Crippen LogP contribution in [0.1, 0.15) is 37.0 Å². The number of aromatic hydroxyl groups is 1. The highest BCUT2D eigenvalue weighted by Gasteiger charge is 2.18. The first-order chi connectivity index (χ1) is 8.77. The number of hydrogen-bond acceptors (Lipinski definition) is 3. The van der Waals surface area contributed by atoms with Crippen molar-refractivity contribution in [1.82, 2.24) is 4.90 Å². The molecule has 2 rings (SSSR count). The molecule has 1 aliphatic heterocycles. The molecular formula is C14H23NO3. The number of hydrogen-bond donors (Lipinski definition) is 2. The summed E-state index contributed by atoms with van der Waals surface area (Å²) in [5, 5.41) is 16.1. The molecule has 2 N–H and O–H groups in total. The third-order valence-electron chi connectivity index (χ3n) is 2.51. The van der Waals surface area contributed by atoms with E-state index in [-0.39, 0.29) is 11.7 Å². The van der Waals surface area contributed by atoms with Gasteiger partial charge in [-0.05, 0) is 37.1 Å². The quantitative estimate of drug-likeness (QED) is 0.807. The normalized spacial score (nSPS) is 13.0. The Labute approximate surface area is 109 Å². The van der Waals surface area contributed by atoms with Crippen LogP contribution in [0.15, 0.2) is 24.3 Å². The summed E-state index contributed by atoms with van der Waals surface area (Å²) < 4.78 is 0. The van der Waals surface area contributed by atoms with Crippen LogP contribution in [0.25, 0.3) is 0 Å². The minimum Gasteiger partial charge on any atom is -0.508 e. The van der Waals surface area contributed by atoms with Gasteiger partial charge in [-0.3, -0.25) is 4.79 Å². The highest BCUT2D eigenvalue weighted by Crippen LogP contribution is 2.15. The summed E-state index contributed by atoms with van der Waals surface area (Å²) in [4.78, 5) is 13.7. The fourth-order valence-corrected chi connectivity index (χ4v) is 1.71. The van der Waals surface area contributed by atoms with Crippen LogP contribution in [0.4, 0.5) is 0 Å². The van der Waals surface area contributed by atoms with E-state index in [1.807, 2.05) is 18.7 Å². The largest absolute Gasteiger partial charge is 0.508 e. The summed E-state index contributed by atoms with van der Waals surface area (Å²) in [6, 6.07) is 6.42. The second-order valence-corrected chi connectivity index (χ2v) is 3.55. The molecule has 0 aliphatic carbocycles. The van der Waals surface area contributed by atoms with Gasteiger partial charge < -0.3 is 15.1 Å². The number of likely N-dealkylation sites (tertiary alicyclic amines) is 1. The van der Waals surface area contributed by atoms with Crippen molar-refractivity contribution in [3.05, 3.63) is 29.8 Å². The predicted molar refractivity (Wildman–Crippen MR) is 72.7 cm³/mol. The van der Waals surface area contributed by atoms with Crippen molar-refractivity contribution >= 4 is 5.91 Å². The molecule has 1 aliphatic rings. The first-order valence-electron chi connectivity index (χ1n) is 6.30. The molecule has 102 valence electrons. The number of amides is 1. The number of rotatable bonds is 1. The van der Waals surface area contributed by atoms with Gasteiger partial charge in [0.1, 0.15) is 5.75 Å². The molecule has 1 amide bonds. The van der Waals surface area contributed by atoms with Crippen LogP contribution in [0.3, 0.4) is 0 Å². The Bertz CT molecular complexity index is 329. The number of phenols is 1. The number of nitrogens with zero attached hydrogens (tertiary/aromatic N) is 1. The van der Waals surface area contributed by atoms with Gasteiger partial charge >= 0.3 is 0 Å². The molecule has 0 aromatic heterocycles. The smallest absolute Gasteiger partial charge is 0.253 e. The highest BCUT2D eigenvalue weighted by molar-refractivity contribution is 5.94. The van der Waals surface area contributed by atoms with Gasteiger partial charge in [0.25, 0.3) is 5.91 Å². The van der Waals surface area contributed by atoms with E-state index in [0.29, 0.717) is 5.56 Å². The van der Waals surface area contributed by atoms with Gasteiger partial charge in [-0.15, -0.1) is 0 Å². The fraction of sp³-hybridized carbons (Fsp3) is 0.500. The molecular weight excluding hydrogens is 230 g/mol. The second kappa shape index (κ2) is 9.48. The highest BCUT2D eigenvalue weighted by atomic mass is 16.3. The fourth-order valence-electron chi connectivity index (χ4n) is 1.71. The lowest BCUT2D eigenvalue weighted by atomic mass is 10.2. The first kappa shape index (κ1) is 16.4. The molecule has 4 heteroatoms. The van der Waals surface area contributed by atoms with E-state index in [0.717, 1.165) is 33.0 Å². The molecule has 1 heterocycles. The van der Waals surface area contributed by atoms with Gasteiger partial charge in [0.15, 0.2) is 0 Å². The predicted octanol–water partition coefficient (Wildman–Crippen LogP) is 2.26. The minimum absolute atomic E-state index is 0.0718. The first-order valence-corrected chi connectivity index (χ1v) is 6.30. The molecule has 0 bridgehead atoms. The summed E-state index contributed by atoms with van der Waals surface area (Å²) in [5.74, 6) is 0.269. The molecule has 0 spiro atoms. The Hall–Kier alpha value is -1.55. The van der Waals surface area contributed by atoms with Crippen LogP contribution in [-0.2, 0) is 0 Å². The maximum Gasteiger partial charge on any atom is 0.253 e. The van der Waals surface area contributed by atoms with Gasteiger partial charge in [-0.25, -0.2) is 0 Å². The Kier molecular flexibility index (Phi) is 8.66. The number of carbonyl (C=O) groups excluding carboxylic acids is 1. The van der Waals surface area contributed by atoms with Crippen molar-refractivity contribution in [2.75, 3.05) is 20.2 Å². The van der Waals surface area contributed by atoms with Gasteiger partial charge in [0.05, 0.1) is 0 Å². The zero-order valence-electron chi connectivity index (χ0n) is 11.4. The Morgan fingerprint density at radius 1 is 1.06 bits per heavy atom. The van der Waals surface area contributed by atoms with Crippen molar-refractivity contribution in [2.45, 2.75) is 26.7 Å². The lowest BCUT2D eigenvalue weighted by Crippen LogP contribution is -2.27. The van der Waals surface area contributed by atoms with E-state index in [2.05, 4.69) is 0 Å². The average Bonchev–Trinajstić information content (AvgIpc) is 2.97. The van der Waals surface area contributed by atoms with Crippen LogP contribution in [0.5, 0.6) is 5.75 Å². The van der Waals surface area contributed by atoms with Gasteiger partial charge in [0.2, 0.25) is 0 Å². The summed E-state index contributed by atoms with van der Waals surface area (Å²) in [6.45, 7) is 5.72. The standard InChI is InChI=1S/C11H13NO2.C2H6.CH4O/c13-10-5-3-9(4-6-10)11(14)12-7-1-2-8-12;2*1-2/h3-6,13H,1-2,7-8H2;1-2H3;2H,1H3. The summed E-state index contributed by atoms with van der Waals surface area (Å²) in [6.07, 6.45) is 2.20. The molecule has 1 aromatic carbocycles. The molecule has 18 heavy (non-hydrogen) atoms. The molecule has 0 atom stereocenters. The third kappa shape index (κ3) is 4.75. The van der Waals surface area contributed by atoms with Crippen molar-refractivity contribution in [1.29, 1.82) is 0 Å². The Morgan fingerprint density at radius 3 is 1.94 bits per heavy atom. The average molecular weight is 253 g/mol. The van der Waals surface area contributed by atoms with Crippen LogP contribution in [0, 0.1) is 0 Å². The van der Waals surface area contributed by atoms with E-state index in [1.165, 1.54) is 0 Å². The summed E-state index contributed by atoms with van der Waals surface area (Å²) >= 11 is 0. The van der Waals surface area contributed by atoms with Crippen LogP contribution < -0.4 is 0 Å². The maximum absolute atomic E-state index is 11.8. The van der Waals surface area contributed by atoms with Crippen molar-refractivity contribution in [2.24, 2.45) is 0 Å². The topological polar surface area (TPSA) is 60.8 Å². The number of carbonyl (C=O) groups is 1. The SMILES string of the molecule is CC.CO.O=C(c1ccc(O)cc1)N1CCCC1. The van der Waals surface area contributed by atoms with Crippen molar-refractivity contribution in [3.8, 4) is 5.75 Å². The lowest BCUT2D eigenvalue weighted by Gasteiger charge is -2.14. The lowest BCUT2D eigenvalue weighted by molar-refractivity contribution is 0.0793. The van der Waals surface area contributed by atoms with Gasteiger partial charge in [-0.2, -0.15) is 0 Å². The van der Waals surface area contributed by atoms with Gasteiger partial charge in [0, 0.05) is 25.8 Å². The van der Waals surface area contributed by atoms with Crippen molar-refractivity contribution < 1.29 is 15.0 Å². The molecule has 1 saturated heterocycles. The van der Waals surface area contributed by atoms with E-state index < -0.39 is 0 Å². The van der Waals surface area contributed by atoms with Crippen molar-refractivity contribution in [3.63, 3.8) is 0 Å². The minimum atomic E-state index is 0.0718. The molecule has 0 unspecified atom stereocenters. The Morgan fingerprint density at radius 2 is 1.50 bits per heavy atom. The zero-order valence-corrected chi connectivity index (χ0v) is 11.4. The third-order valence-corrected chi connectivity index (χ3v) is 2.51. The molecule has 0 saturated carbocycles. The molecule has 4 nitrogen and oxygen atoms in total. The number of benzene rings is 1. The number of aliphatic hydroxyl groups excluding tert-OH is 1. The summed E-state index contributed by atoms with van der Waals surface area (Å²) in [7, 11) is 1.00. The number of phenolic OH excluding ortho intramolecular Hbond substituents is 1. The van der Waals surface area contributed by atoms with E-state index in [9.17, 15) is 4.79 Å². The van der Waals surface area contributed by atoms with E-state index in [1.54, 1.807) is 24.3 Å². The zero-order chi connectivity index (χ0) is 14.0. The molecule has 1 aromatic rings. The van der Waals surface area contributed by atoms with Crippen LogP contribution >= 0.6 is 0 Å². The van der Waals surface area contributed by atoms with E-state index in [4.69, 9.17) is 10.2 Å². The van der Waals surface area contributed by atoms with Crippen LogP contribution in [0.2, 0.25) is 0 Å². The Balaban J connectivity index is 0.000000659. The van der Waals surface area contributed by atoms with E-state index >= 15 is 0 Å². The second-order valence-electron chi connectivity index (χ2n) is 3.55. The molecule has 1 fully saturated rings.